The summed E-state index contributed by atoms with van der Waals surface area (Å²) in [5.74, 6) is 0.647. The van der Waals surface area contributed by atoms with E-state index in [0.29, 0.717) is 25.5 Å². The van der Waals surface area contributed by atoms with Crippen LogP contribution in [0.2, 0.25) is 0 Å². The fourth-order valence-corrected chi connectivity index (χ4v) is 2.93. The van der Waals surface area contributed by atoms with Crippen molar-refractivity contribution in [3.05, 3.63) is 78.3 Å². The fourth-order valence-electron chi connectivity index (χ4n) is 2.93. The molecule has 0 aliphatic heterocycles. The van der Waals surface area contributed by atoms with Crippen molar-refractivity contribution in [2.75, 3.05) is 23.9 Å². The zero-order chi connectivity index (χ0) is 22.2. The molecule has 0 saturated heterocycles. The van der Waals surface area contributed by atoms with Crippen LogP contribution < -0.4 is 15.5 Å². The van der Waals surface area contributed by atoms with Gasteiger partial charge in [0.2, 0.25) is 5.95 Å². The number of ether oxygens (including phenoxy) is 1. The molecule has 0 bridgehead atoms. The van der Waals surface area contributed by atoms with Gasteiger partial charge in [-0.05, 0) is 25.1 Å². The topological polar surface area (TPSA) is 113 Å². The second-order valence-corrected chi connectivity index (χ2v) is 7.15. The van der Waals surface area contributed by atoms with Crippen LogP contribution in [0.1, 0.15) is 18.2 Å². The van der Waals surface area contributed by atoms with Crippen LogP contribution in [-0.4, -0.2) is 44.3 Å². The molecule has 0 aliphatic rings. The van der Waals surface area contributed by atoms with Gasteiger partial charge in [0.1, 0.15) is 0 Å². The number of aromatic amines is 1. The first-order valence-electron chi connectivity index (χ1n) is 10.2. The number of rotatable bonds is 10. The van der Waals surface area contributed by atoms with Crippen LogP contribution in [0.4, 0.5) is 11.9 Å². The van der Waals surface area contributed by atoms with Crippen LogP contribution in [0, 0.1) is 0 Å². The lowest BCUT2D eigenvalue weighted by Gasteiger charge is -2.09. The van der Waals surface area contributed by atoms with Gasteiger partial charge >= 0.3 is 6.01 Å². The van der Waals surface area contributed by atoms with Gasteiger partial charge in [0.15, 0.2) is 0 Å². The number of fused-ring (bicyclic) bond motifs is 1. The molecule has 0 radical (unpaired) electrons. The maximum absolute atomic E-state index is 5.75. The van der Waals surface area contributed by atoms with Gasteiger partial charge in [-0.2, -0.15) is 20.1 Å². The maximum atomic E-state index is 5.75. The maximum Gasteiger partial charge on any atom is 0.323 e. The summed E-state index contributed by atoms with van der Waals surface area (Å²) in [6, 6.07) is 14.0. The first-order chi connectivity index (χ1) is 15.7. The Morgan fingerprint density at radius 2 is 1.97 bits per heavy atom. The normalized spacial score (nSPS) is 11.0. The van der Waals surface area contributed by atoms with E-state index >= 15 is 0 Å². The van der Waals surface area contributed by atoms with Gasteiger partial charge in [-0.1, -0.05) is 36.4 Å². The number of H-pyrrole nitrogens is 1. The highest BCUT2D eigenvalue weighted by Gasteiger charge is 2.08. The average Bonchev–Trinajstić information content (AvgIpc) is 3.22. The molecule has 0 spiro atoms. The first-order valence-corrected chi connectivity index (χ1v) is 10.2. The Labute approximate surface area is 185 Å². The Bertz CT molecular complexity index is 1220. The Balaban J connectivity index is 1.46. The predicted octanol–water partition coefficient (Wildman–Crippen LogP) is 3.80. The number of hydrogen-bond donors (Lipinski definition) is 3. The van der Waals surface area contributed by atoms with Crippen molar-refractivity contribution in [2.24, 2.45) is 5.10 Å². The average molecular weight is 429 g/mol. The monoisotopic (exact) mass is 428 g/mol. The molecule has 0 unspecified atom stereocenters. The third-order valence-electron chi connectivity index (χ3n) is 4.47. The molecule has 4 aromatic rings. The Kier molecular flexibility index (Phi) is 6.66. The van der Waals surface area contributed by atoms with E-state index in [1.807, 2.05) is 55.6 Å². The third kappa shape index (κ3) is 5.66. The predicted molar refractivity (Wildman–Crippen MR) is 126 cm³/mol. The van der Waals surface area contributed by atoms with E-state index in [1.54, 1.807) is 12.4 Å². The van der Waals surface area contributed by atoms with Crippen LogP contribution in [0.3, 0.4) is 0 Å². The van der Waals surface area contributed by atoms with Crippen molar-refractivity contribution in [2.45, 2.75) is 13.3 Å². The second kappa shape index (κ2) is 10.2. The van der Waals surface area contributed by atoms with Gasteiger partial charge in [0.25, 0.3) is 5.95 Å². The smallest absolute Gasteiger partial charge is 0.323 e. The molecule has 9 heteroatoms. The summed E-state index contributed by atoms with van der Waals surface area (Å²) < 4.78 is 5.75. The van der Waals surface area contributed by atoms with Crippen molar-refractivity contribution in [3.63, 3.8) is 0 Å². The lowest BCUT2D eigenvalue weighted by molar-refractivity contribution is 0.295. The fraction of sp³-hybridized carbons (Fsp3) is 0.174. The number of nitrogens with one attached hydrogen (secondary N) is 3. The summed E-state index contributed by atoms with van der Waals surface area (Å²) in [6.07, 6.45) is 6.01. The van der Waals surface area contributed by atoms with Crippen LogP contribution in [0.5, 0.6) is 6.01 Å². The van der Waals surface area contributed by atoms with Gasteiger partial charge in [-0.15, -0.1) is 0 Å². The van der Waals surface area contributed by atoms with E-state index in [2.05, 4.69) is 47.3 Å². The van der Waals surface area contributed by atoms with Crippen molar-refractivity contribution in [1.82, 2.24) is 24.9 Å². The van der Waals surface area contributed by atoms with Crippen LogP contribution in [-0.2, 0) is 6.42 Å². The minimum Gasteiger partial charge on any atom is -0.463 e. The summed E-state index contributed by atoms with van der Waals surface area (Å²) in [7, 11) is 0. The van der Waals surface area contributed by atoms with E-state index in [-0.39, 0.29) is 12.0 Å². The van der Waals surface area contributed by atoms with Crippen molar-refractivity contribution in [1.29, 1.82) is 0 Å². The van der Waals surface area contributed by atoms with Crippen LogP contribution >= 0.6 is 0 Å². The van der Waals surface area contributed by atoms with Gasteiger partial charge in [0.05, 0.1) is 12.8 Å². The van der Waals surface area contributed by atoms with E-state index in [4.69, 9.17) is 4.74 Å². The number of hydrazone groups is 1. The van der Waals surface area contributed by atoms with E-state index < -0.39 is 0 Å². The molecule has 0 aliphatic carbocycles. The number of nitrogens with zero attached hydrogens (tertiary/aromatic N) is 5. The number of benzene rings is 1. The minimum absolute atomic E-state index is 0.199. The number of hydrogen-bond acceptors (Lipinski definition) is 8. The number of anilines is 2. The Morgan fingerprint density at radius 1 is 1.12 bits per heavy atom. The zero-order valence-corrected chi connectivity index (χ0v) is 17.7. The number of aromatic nitrogens is 5. The minimum atomic E-state index is 0.199. The molecule has 32 heavy (non-hydrogen) atoms. The molecule has 3 N–H and O–H groups in total. The summed E-state index contributed by atoms with van der Waals surface area (Å²) >= 11 is 0. The highest BCUT2D eigenvalue weighted by atomic mass is 16.5. The molecule has 9 nitrogen and oxygen atoms in total. The van der Waals surface area contributed by atoms with E-state index in [9.17, 15) is 0 Å². The van der Waals surface area contributed by atoms with Crippen LogP contribution in [0.15, 0.2) is 72.1 Å². The summed E-state index contributed by atoms with van der Waals surface area (Å²) in [5, 5.41) is 8.47. The highest BCUT2D eigenvalue weighted by molar-refractivity contribution is 5.99. The molecule has 4 rings (SSSR count). The summed E-state index contributed by atoms with van der Waals surface area (Å²) in [6.45, 7) is 6.73. The zero-order valence-electron chi connectivity index (χ0n) is 17.7. The lowest BCUT2D eigenvalue weighted by atomic mass is 10.2. The number of para-hydroxylation sites is 1. The molecule has 0 saturated carbocycles. The molecule has 1 aromatic carbocycles. The largest absolute Gasteiger partial charge is 0.463 e. The Morgan fingerprint density at radius 3 is 2.81 bits per heavy atom. The molecule has 0 fully saturated rings. The molecule has 0 amide bonds. The SMILES string of the molecule is C=C(C)CNc1nc(N/N=C/c2c[nH]c3ccccc23)nc(OCCc2ccccn2)n1. The Hall–Kier alpha value is -4.27. The number of pyridine rings is 1. The standard InChI is InChI=1S/C23H24N8O/c1-16(2)13-26-21-28-22(30-23(29-21)32-12-10-18-7-5-6-11-24-18)31-27-15-17-14-25-20-9-4-3-8-19(17)20/h3-9,11,14-15,25H,1,10,12-13H2,2H3,(H2,26,28,29,30,31)/b27-15+. The second-order valence-electron chi connectivity index (χ2n) is 7.15. The van der Waals surface area contributed by atoms with Crippen molar-refractivity contribution in [3.8, 4) is 6.01 Å². The highest BCUT2D eigenvalue weighted by Crippen LogP contribution is 2.16. The molecular weight excluding hydrogens is 404 g/mol. The summed E-state index contributed by atoms with van der Waals surface area (Å²) in [5.41, 5.74) is 6.75. The summed E-state index contributed by atoms with van der Waals surface area (Å²) in [4.78, 5) is 20.5. The quantitative estimate of drug-likeness (QED) is 0.200. The van der Waals surface area contributed by atoms with Gasteiger partial charge in [0, 0.05) is 47.5 Å². The molecular formula is C23H24N8O. The molecule has 0 atom stereocenters. The van der Waals surface area contributed by atoms with Crippen molar-refractivity contribution >= 4 is 29.0 Å². The van der Waals surface area contributed by atoms with E-state index in [1.165, 1.54) is 0 Å². The molecule has 3 aromatic heterocycles. The van der Waals surface area contributed by atoms with Crippen LogP contribution in [0.25, 0.3) is 10.9 Å². The van der Waals surface area contributed by atoms with Crippen molar-refractivity contribution < 1.29 is 4.74 Å². The van der Waals surface area contributed by atoms with Gasteiger partial charge in [-0.25, -0.2) is 5.43 Å². The molecule has 3 heterocycles. The molecule has 162 valence electrons. The van der Waals surface area contributed by atoms with Gasteiger partial charge < -0.3 is 15.0 Å². The third-order valence-corrected chi connectivity index (χ3v) is 4.47. The lowest BCUT2D eigenvalue weighted by Crippen LogP contribution is -2.12. The van der Waals surface area contributed by atoms with Gasteiger partial charge in [-0.3, -0.25) is 4.98 Å². The first kappa shape index (κ1) is 21.0. The van der Waals surface area contributed by atoms with E-state index in [0.717, 1.165) is 27.7 Å².